The second-order valence-corrected chi connectivity index (χ2v) is 9.10. The Balaban J connectivity index is 1.38. The molecule has 4 bridgehead atoms. The number of nitrogens with zero attached hydrogens (tertiary/aromatic N) is 3. The Morgan fingerprint density at radius 1 is 1.22 bits per heavy atom. The zero-order valence-corrected chi connectivity index (χ0v) is 14.2. The Morgan fingerprint density at radius 3 is 2.57 bits per heavy atom. The summed E-state index contributed by atoms with van der Waals surface area (Å²) >= 11 is 0. The smallest absolute Gasteiger partial charge is 0.226 e. The van der Waals surface area contributed by atoms with E-state index in [2.05, 4.69) is 39.8 Å². The summed E-state index contributed by atoms with van der Waals surface area (Å²) in [7, 11) is 0. The first-order valence-electron chi connectivity index (χ1n) is 8.91. The molecule has 0 aliphatic heterocycles. The van der Waals surface area contributed by atoms with Crippen LogP contribution in [0.5, 0.6) is 0 Å². The zero-order valence-electron chi connectivity index (χ0n) is 14.2. The number of aromatic nitrogens is 4. The summed E-state index contributed by atoms with van der Waals surface area (Å²) in [6.07, 6.45) is 8.86. The molecule has 5 rings (SSSR count). The van der Waals surface area contributed by atoms with E-state index >= 15 is 0 Å². The number of aromatic amines is 1. The van der Waals surface area contributed by atoms with Crippen LogP contribution in [0.1, 0.15) is 64.6 Å². The molecule has 0 spiro atoms. The average molecular weight is 317 g/mol. The van der Waals surface area contributed by atoms with E-state index in [0.717, 1.165) is 38.0 Å². The van der Waals surface area contributed by atoms with Crippen molar-refractivity contribution in [1.29, 1.82) is 0 Å². The maximum absolute atomic E-state index is 13.0. The average Bonchev–Trinajstić information content (AvgIpc) is 2.92. The molecule has 2 atom stereocenters. The number of nitrogens with one attached hydrogen (secondary N) is 2. The van der Waals surface area contributed by atoms with Gasteiger partial charge in [0.15, 0.2) is 5.82 Å². The van der Waals surface area contributed by atoms with E-state index < -0.39 is 0 Å². The van der Waals surface area contributed by atoms with Crippen LogP contribution < -0.4 is 5.32 Å². The highest BCUT2D eigenvalue weighted by molar-refractivity contribution is 5.83. The molecule has 6 heteroatoms. The van der Waals surface area contributed by atoms with Gasteiger partial charge in [0, 0.05) is 13.0 Å². The van der Waals surface area contributed by atoms with Crippen LogP contribution in [0, 0.1) is 22.2 Å². The maximum Gasteiger partial charge on any atom is 0.226 e. The lowest BCUT2D eigenvalue weighted by atomic mass is 9.40. The predicted molar refractivity (Wildman–Crippen MR) is 85.3 cm³/mol. The van der Waals surface area contributed by atoms with Crippen molar-refractivity contribution in [3.63, 3.8) is 0 Å². The van der Waals surface area contributed by atoms with E-state index in [1.807, 2.05) is 0 Å². The van der Waals surface area contributed by atoms with Crippen molar-refractivity contribution in [2.75, 3.05) is 6.54 Å². The molecular weight excluding hydrogens is 290 g/mol. The summed E-state index contributed by atoms with van der Waals surface area (Å²) in [5, 5.41) is 17.1. The summed E-state index contributed by atoms with van der Waals surface area (Å²) in [5.74, 6) is 1.77. The molecule has 126 valence electrons. The van der Waals surface area contributed by atoms with Crippen LogP contribution in [-0.4, -0.2) is 33.1 Å². The van der Waals surface area contributed by atoms with Crippen molar-refractivity contribution in [3.8, 4) is 0 Å². The van der Waals surface area contributed by atoms with Gasteiger partial charge >= 0.3 is 0 Å². The van der Waals surface area contributed by atoms with Gasteiger partial charge in [0.05, 0.1) is 5.41 Å². The van der Waals surface area contributed by atoms with Gasteiger partial charge < -0.3 is 5.32 Å². The van der Waals surface area contributed by atoms with E-state index in [1.54, 1.807) is 0 Å². The lowest BCUT2D eigenvalue weighted by molar-refractivity contribution is -0.170. The molecule has 0 saturated heterocycles. The maximum atomic E-state index is 13.0. The minimum atomic E-state index is -0.102. The van der Waals surface area contributed by atoms with Gasteiger partial charge in [-0.05, 0) is 61.7 Å². The highest BCUT2D eigenvalue weighted by Gasteiger charge is 2.62. The molecule has 4 aliphatic rings. The van der Waals surface area contributed by atoms with E-state index in [-0.39, 0.29) is 5.41 Å². The molecule has 0 unspecified atom stereocenters. The van der Waals surface area contributed by atoms with Crippen LogP contribution in [0.15, 0.2) is 0 Å². The minimum Gasteiger partial charge on any atom is -0.356 e. The van der Waals surface area contributed by atoms with Gasteiger partial charge in [-0.3, -0.25) is 4.79 Å². The van der Waals surface area contributed by atoms with Crippen LogP contribution in [0.4, 0.5) is 0 Å². The molecule has 1 aromatic heterocycles. The Hall–Kier alpha value is -1.46. The number of carbonyl (C=O) groups excluding carboxylic acids is 1. The second-order valence-electron chi connectivity index (χ2n) is 9.10. The monoisotopic (exact) mass is 317 g/mol. The van der Waals surface area contributed by atoms with Crippen molar-refractivity contribution >= 4 is 5.91 Å². The molecule has 4 saturated carbocycles. The van der Waals surface area contributed by atoms with Crippen molar-refractivity contribution in [2.24, 2.45) is 22.2 Å². The molecule has 0 radical (unpaired) electrons. The van der Waals surface area contributed by atoms with Gasteiger partial charge in [0.1, 0.15) is 0 Å². The van der Waals surface area contributed by atoms with Crippen LogP contribution >= 0.6 is 0 Å². The molecule has 0 aromatic carbocycles. The van der Waals surface area contributed by atoms with E-state index in [9.17, 15) is 4.79 Å². The fourth-order valence-corrected chi connectivity index (χ4v) is 6.63. The fraction of sp³-hybridized carbons (Fsp3) is 0.882. The zero-order chi connectivity index (χ0) is 16.1. The quantitative estimate of drug-likeness (QED) is 0.816. The lowest BCUT2D eigenvalue weighted by Gasteiger charge is -2.64. The summed E-state index contributed by atoms with van der Waals surface area (Å²) in [4.78, 5) is 13.0. The Morgan fingerprint density at radius 2 is 1.96 bits per heavy atom. The van der Waals surface area contributed by atoms with Gasteiger partial charge in [-0.1, -0.05) is 19.1 Å². The van der Waals surface area contributed by atoms with Gasteiger partial charge in [0.25, 0.3) is 0 Å². The van der Waals surface area contributed by atoms with Crippen LogP contribution in [0.25, 0.3) is 0 Å². The van der Waals surface area contributed by atoms with Gasteiger partial charge in [-0.15, -0.1) is 10.2 Å². The summed E-state index contributed by atoms with van der Waals surface area (Å²) in [6, 6.07) is 0. The first-order chi connectivity index (χ1) is 10.9. The molecule has 1 amide bonds. The third-order valence-electron chi connectivity index (χ3n) is 6.36. The molecule has 2 N–H and O–H groups in total. The first-order valence-corrected chi connectivity index (χ1v) is 8.91. The third-order valence-corrected chi connectivity index (χ3v) is 6.36. The number of amides is 1. The summed E-state index contributed by atoms with van der Waals surface area (Å²) in [6.45, 7) is 5.52. The summed E-state index contributed by atoms with van der Waals surface area (Å²) in [5.41, 5.74) is 0.668. The highest BCUT2D eigenvalue weighted by Crippen LogP contribution is 2.69. The number of carbonyl (C=O) groups is 1. The number of tetrazole rings is 1. The van der Waals surface area contributed by atoms with E-state index in [4.69, 9.17) is 0 Å². The largest absolute Gasteiger partial charge is 0.356 e. The topological polar surface area (TPSA) is 83.6 Å². The SMILES string of the molecule is C[C@]12CC3CC(C(=O)NCCCc4nn[nH]n4)(C1)C[C@](C)(C3)C2. The van der Waals surface area contributed by atoms with Crippen molar-refractivity contribution in [1.82, 2.24) is 25.9 Å². The highest BCUT2D eigenvalue weighted by atomic mass is 16.2. The van der Waals surface area contributed by atoms with Crippen LogP contribution in [0.2, 0.25) is 0 Å². The van der Waals surface area contributed by atoms with Crippen LogP contribution in [0.3, 0.4) is 0 Å². The van der Waals surface area contributed by atoms with E-state index in [0.29, 0.717) is 29.1 Å². The molecule has 4 aliphatic carbocycles. The molecule has 1 aromatic rings. The van der Waals surface area contributed by atoms with E-state index in [1.165, 1.54) is 19.3 Å². The molecule has 1 heterocycles. The van der Waals surface area contributed by atoms with Crippen LogP contribution in [-0.2, 0) is 11.2 Å². The molecule has 4 fully saturated rings. The molecule has 23 heavy (non-hydrogen) atoms. The summed E-state index contributed by atoms with van der Waals surface area (Å²) < 4.78 is 0. The Labute approximate surface area is 137 Å². The molecule has 6 nitrogen and oxygen atoms in total. The number of hydrogen-bond acceptors (Lipinski definition) is 4. The normalized spacial score (nSPS) is 41.2. The van der Waals surface area contributed by atoms with Crippen molar-refractivity contribution < 1.29 is 4.79 Å². The van der Waals surface area contributed by atoms with Gasteiger partial charge in [-0.25, -0.2) is 0 Å². The third kappa shape index (κ3) is 2.66. The van der Waals surface area contributed by atoms with Gasteiger partial charge in [0.2, 0.25) is 5.91 Å². The Kier molecular flexibility index (Phi) is 3.29. The number of rotatable bonds is 5. The Bertz CT molecular complexity index is 580. The number of H-pyrrole nitrogens is 1. The van der Waals surface area contributed by atoms with Crippen molar-refractivity contribution in [3.05, 3.63) is 5.82 Å². The minimum absolute atomic E-state index is 0.102. The number of aryl methyl sites for hydroxylation is 1. The predicted octanol–water partition coefficient (Wildman–Crippen LogP) is 2.25. The standard InChI is InChI=1S/C17H27N5O/c1-15-6-12-7-16(2,9-15)11-17(8-12,10-15)14(23)18-5-3-4-13-19-21-22-20-13/h12H,3-11H2,1-2H3,(H,18,23)(H,19,20,21,22)/t12?,15-,16-,17?/m1/s1. The molecular formula is C17H27N5O. The fourth-order valence-electron chi connectivity index (χ4n) is 6.63. The lowest BCUT2D eigenvalue weighted by Crippen LogP contribution is -2.59. The number of hydrogen-bond donors (Lipinski definition) is 2. The van der Waals surface area contributed by atoms with Crippen molar-refractivity contribution in [2.45, 2.75) is 65.2 Å². The van der Waals surface area contributed by atoms with Gasteiger partial charge in [-0.2, -0.15) is 5.21 Å². The second kappa shape index (κ2) is 5.02. The first kappa shape index (κ1) is 15.1.